The van der Waals surface area contributed by atoms with Crippen LogP contribution in [0.3, 0.4) is 0 Å². The van der Waals surface area contributed by atoms with Crippen molar-refractivity contribution in [3.05, 3.63) is 119 Å². The van der Waals surface area contributed by atoms with Gasteiger partial charge < -0.3 is 83.2 Å². The molecular weight excluding hydrogens is 1040 g/mol. The minimum Gasteiger partial charge on any atom is -0.746 e. The minimum atomic E-state index is -4.96. The number of hydrogen-bond donors (Lipinski definition) is 8. The summed E-state index contributed by atoms with van der Waals surface area (Å²) >= 11 is 0. The lowest BCUT2D eigenvalue weighted by molar-refractivity contribution is -0.437. The third-order valence-electron chi connectivity index (χ3n) is 9.93. The highest BCUT2D eigenvalue weighted by atomic mass is 31.2. The van der Waals surface area contributed by atoms with Gasteiger partial charge in [-0.25, -0.2) is 19.3 Å². The molecule has 0 amide bonds. The lowest BCUT2D eigenvalue weighted by Crippen LogP contribution is -2.69. The monoisotopic (exact) mass is 1100 g/mol. The molecule has 412 valence electrons. The summed E-state index contributed by atoms with van der Waals surface area (Å²) in [4.78, 5) is 69.8. The van der Waals surface area contributed by atoms with E-state index in [0.717, 1.165) is 22.5 Å². The van der Waals surface area contributed by atoms with Gasteiger partial charge in [-0.3, -0.25) is 24.3 Å². The van der Waals surface area contributed by atoms with E-state index in [0.29, 0.717) is 58.5 Å². The Balaban J connectivity index is 0.000000289. The van der Waals surface area contributed by atoms with Crippen LogP contribution in [0, 0.1) is 0 Å². The highest BCUT2D eigenvalue weighted by molar-refractivity contribution is 7.46. The molecule has 0 aliphatic carbocycles. The third-order valence-corrected chi connectivity index (χ3v) is 10.8. The summed E-state index contributed by atoms with van der Waals surface area (Å²) in [7, 11) is 2.22. The summed E-state index contributed by atoms with van der Waals surface area (Å²) < 4.78 is 73.2. The van der Waals surface area contributed by atoms with Crippen molar-refractivity contribution in [2.45, 2.75) is 24.9 Å². The Hall–Kier alpha value is -8.06. The number of nitrogens with one attached hydrogen (secondary N) is 4. The van der Waals surface area contributed by atoms with Gasteiger partial charge in [-0.15, -0.1) is 0 Å². The van der Waals surface area contributed by atoms with Gasteiger partial charge in [-0.05, 0) is 70.8 Å². The summed E-state index contributed by atoms with van der Waals surface area (Å²) in [5.41, 5.74) is 11.4. The fourth-order valence-corrected chi connectivity index (χ4v) is 7.13. The molecule has 0 aliphatic heterocycles. The number of carbonyl (C=O) groups excluding carboxylic acids is 1. The maximum Gasteiger partial charge on any atom is 0.524 e. The van der Waals surface area contributed by atoms with Crippen molar-refractivity contribution in [3.8, 4) is 57.5 Å². The number of phosphoric ester groups is 2. The molecule has 0 spiro atoms. The van der Waals surface area contributed by atoms with Crippen LogP contribution in [0.1, 0.15) is 33.6 Å². The fraction of sp³-hybridized carbons (Fsp3) is 0.250. The predicted octanol–water partition coefficient (Wildman–Crippen LogP) is 0.892. The second-order valence-corrected chi connectivity index (χ2v) is 17.5. The predicted molar refractivity (Wildman–Crippen MR) is 267 cm³/mol. The van der Waals surface area contributed by atoms with Crippen molar-refractivity contribution in [3.63, 3.8) is 0 Å². The van der Waals surface area contributed by atoms with E-state index in [1.807, 2.05) is 0 Å². The first-order chi connectivity index (χ1) is 36.0. The molecule has 0 radical (unpaired) electrons. The molecule has 6 aromatic rings. The maximum atomic E-state index is 11.1. The topological polar surface area (TPSA) is 403 Å². The lowest BCUT2D eigenvalue weighted by Gasteiger charge is -2.18. The highest BCUT2D eigenvalue weighted by Gasteiger charge is 2.21. The first-order valence-electron chi connectivity index (χ1n) is 22.0. The summed E-state index contributed by atoms with van der Waals surface area (Å²) in [6.45, 7) is 0. The molecule has 3 atom stereocenters. The van der Waals surface area contributed by atoms with Crippen LogP contribution in [0.25, 0.3) is 24.3 Å². The first-order valence-corrected chi connectivity index (χ1v) is 25.0. The highest BCUT2D eigenvalue weighted by Crippen LogP contribution is 2.44. The van der Waals surface area contributed by atoms with Gasteiger partial charge in [0.05, 0.1) is 75.7 Å². The Bertz CT molecular complexity index is 2700. The second-order valence-electron chi connectivity index (χ2n) is 15.3. The van der Waals surface area contributed by atoms with Crippen molar-refractivity contribution in [2.75, 3.05) is 56.9 Å². The van der Waals surface area contributed by atoms with E-state index in [4.69, 9.17) is 57.7 Å². The number of carboxylic acids is 2. The van der Waals surface area contributed by atoms with Gasteiger partial charge in [0.15, 0.2) is 52.0 Å². The largest absolute Gasteiger partial charge is 0.746 e. The summed E-state index contributed by atoms with van der Waals surface area (Å²) in [6, 6.07) is 15.2. The zero-order valence-electron chi connectivity index (χ0n) is 42.6. The number of quaternary nitrogens is 2. The van der Waals surface area contributed by atoms with Crippen LogP contribution in [0.2, 0.25) is 0 Å². The summed E-state index contributed by atoms with van der Waals surface area (Å²) in [5, 5.41) is 18.7. The average Bonchev–Trinajstić information content (AvgIpc) is 4.11. The Labute approximate surface area is 436 Å². The zero-order chi connectivity index (χ0) is 56.6. The number of methoxy groups -OCH3 is 8. The van der Waals surface area contributed by atoms with Gasteiger partial charge in [0.1, 0.15) is 29.8 Å². The molecule has 0 saturated heterocycles. The van der Waals surface area contributed by atoms with E-state index in [1.54, 1.807) is 91.8 Å². The SMILES string of the molecule is COc1ccc(/C=C\c2cc(OC)c(OC)c(OC)c2)cc1OP(=O)(O)O.COc1ccc(/C=C\c2cc(OC)c(OC)c(OC)c2)cc1OP(=O)([O-])O.[NH3+]C(Cc1c[nH+]c[nH]1)C(=O)O.[NH3+]C(Cc1c[nH+]c[nH]1)C(=O)[O-]. The summed E-state index contributed by atoms with van der Waals surface area (Å²) in [6.07, 6.45) is 14.5. The van der Waals surface area contributed by atoms with Crippen molar-refractivity contribution in [2.24, 2.45) is 0 Å². The normalized spacial score (nSPS) is 12.4. The molecule has 28 heteroatoms. The Morgan fingerprint density at radius 1 is 0.553 bits per heavy atom. The molecule has 76 heavy (non-hydrogen) atoms. The van der Waals surface area contributed by atoms with E-state index in [-0.39, 0.29) is 23.0 Å². The Morgan fingerprint density at radius 2 is 0.895 bits per heavy atom. The smallest absolute Gasteiger partial charge is 0.524 e. The number of H-pyrrole nitrogens is 4. The van der Waals surface area contributed by atoms with Crippen molar-refractivity contribution >= 4 is 51.9 Å². The molecule has 2 heterocycles. The number of aromatic nitrogens is 4. The molecule has 14 N–H and O–H groups in total. The van der Waals surface area contributed by atoms with Gasteiger partial charge in [-0.1, -0.05) is 36.4 Å². The van der Waals surface area contributed by atoms with Crippen molar-refractivity contribution in [1.29, 1.82) is 0 Å². The molecule has 26 nitrogen and oxygen atoms in total. The molecule has 6 rings (SSSR count). The first kappa shape index (κ1) is 62.2. The number of aromatic amines is 4. The molecule has 4 aromatic carbocycles. The zero-order valence-corrected chi connectivity index (χ0v) is 44.4. The van der Waals surface area contributed by atoms with Crippen molar-refractivity contribution in [1.82, 2.24) is 9.97 Å². The fourth-order valence-electron chi connectivity index (χ4n) is 6.34. The van der Waals surface area contributed by atoms with E-state index >= 15 is 0 Å². The molecule has 3 unspecified atom stereocenters. The molecule has 2 aromatic heterocycles. The number of ether oxygens (including phenoxy) is 8. The number of benzene rings is 4. The third kappa shape index (κ3) is 20.7. The van der Waals surface area contributed by atoms with Crippen LogP contribution in [-0.2, 0) is 31.6 Å². The van der Waals surface area contributed by atoms with E-state index in [9.17, 15) is 28.7 Å². The standard InChI is InChI=1S/2C18H21O8P.2C6H9N3O2/c2*1-22-14-8-7-12(9-15(14)26-27(19,20)21)5-6-13-10-16(23-2)18(25-4)17(11-13)24-3;2*7-5(6(10)11)1-4-2-8-3-9-4/h2*5-11H,1-4H3,(H2,19,20,21);2*2-3,5H,1,7H2,(H,8,9)(H,10,11)/p+2/b2*6-5-;;. The number of rotatable bonds is 22. The maximum absolute atomic E-state index is 11.1. The number of carboxylic acid groups (broad SMARTS) is 2. The number of aliphatic carboxylic acids is 2. The molecule has 0 bridgehead atoms. The average molecular weight is 1100 g/mol. The molecule has 0 saturated carbocycles. The van der Waals surface area contributed by atoms with Crippen LogP contribution in [0.5, 0.6) is 57.5 Å². The lowest BCUT2D eigenvalue weighted by atomic mass is 10.1. The van der Waals surface area contributed by atoms with Crippen LogP contribution in [0.15, 0.2) is 85.7 Å². The molecule has 0 fully saturated rings. The molecular formula is C48H62N6O20P2+2. The van der Waals surface area contributed by atoms with Gasteiger partial charge >= 0.3 is 21.6 Å². The van der Waals surface area contributed by atoms with E-state index in [1.165, 1.54) is 75.1 Å². The Kier molecular flexibility index (Phi) is 24.8. The minimum absolute atomic E-state index is 0.0575. The quantitative estimate of drug-likeness (QED) is 0.0346. The van der Waals surface area contributed by atoms with Gasteiger partial charge in [0.2, 0.25) is 24.2 Å². The van der Waals surface area contributed by atoms with Gasteiger partial charge in [-0.2, -0.15) is 0 Å². The Morgan fingerprint density at radius 3 is 1.18 bits per heavy atom. The van der Waals surface area contributed by atoms with E-state index < -0.39 is 39.7 Å². The van der Waals surface area contributed by atoms with Crippen LogP contribution in [-0.4, -0.2) is 111 Å². The van der Waals surface area contributed by atoms with Crippen LogP contribution >= 0.6 is 15.6 Å². The number of phosphoric acid groups is 2. The van der Waals surface area contributed by atoms with Crippen molar-refractivity contribution < 1.29 is 117 Å². The number of hydrogen-bond acceptors (Lipinski definition) is 16. The van der Waals surface area contributed by atoms with E-state index in [2.05, 4.69) is 40.5 Å². The molecule has 0 aliphatic rings. The van der Waals surface area contributed by atoms with Gasteiger partial charge in [0.25, 0.3) is 0 Å². The van der Waals surface area contributed by atoms with Gasteiger partial charge in [0, 0.05) is 0 Å². The second kappa shape index (κ2) is 30.3. The van der Waals surface area contributed by atoms with Crippen LogP contribution < -0.4 is 78.4 Å². The number of carbonyl (C=O) groups is 2. The summed E-state index contributed by atoms with van der Waals surface area (Å²) in [5.74, 6) is 1.19. The van der Waals surface area contributed by atoms with Crippen LogP contribution in [0.4, 0.5) is 0 Å². The number of imidazole rings is 2.